The Balaban J connectivity index is 2.13. The smallest absolute Gasteiger partial charge is 0.232 e. The van der Waals surface area contributed by atoms with Crippen molar-refractivity contribution in [2.24, 2.45) is 5.92 Å². The van der Waals surface area contributed by atoms with Gasteiger partial charge in [-0.2, -0.15) is 0 Å². The van der Waals surface area contributed by atoms with Crippen molar-refractivity contribution in [3.05, 3.63) is 29.8 Å². The number of hydrogen-bond acceptors (Lipinski definition) is 1. The molecule has 2 unspecified atom stereocenters. The first-order valence-electron chi connectivity index (χ1n) is 6.12. The molecule has 0 fully saturated rings. The second-order valence-electron chi connectivity index (χ2n) is 4.76. The number of rotatable bonds is 4. The summed E-state index contributed by atoms with van der Waals surface area (Å²) in [5.41, 5.74) is 2.18. The predicted molar refractivity (Wildman–Crippen MR) is 66.5 cm³/mol. The van der Waals surface area contributed by atoms with E-state index in [2.05, 4.69) is 25.2 Å². The highest BCUT2D eigenvalue weighted by atomic mass is 16.2. The minimum Gasteiger partial charge on any atom is -0.325 e. The number of fused-ring (bicyclic) bond motifs is 1. The van der Waals surface area contributed by atoms with Crippen LogP contribution >= 0.6 is 0 Å². The highest BCUT2D eigenvalue weighted by molar-refractivity contribution is 6.02. The molecular formula is C14H19NO. The van der Waals surface area contributed by atoms with Gasteiger partial charge in [0.25, 0.3) is 0 Å². The van der Waals surface area contributed by atoms with Gasteiger partial charge in [0.05, 0.1) is 5.92 Å². The molecule has 0 radical (unpaired) electrons. The van der Waals surface area contributed by atoms with E-state index in [0.717, 1.165) is 12.1 Å². The van der Waals surface area contributed by atoms with Gasteiger partial charge in [-0.15, -0.1) is 0 Å². The van der Waals surface area contributed by atoms with E-state index in [1.807, 2.05) is 18.2 Å². The highest BCUT2D eigenvalue weighted by Crippen LogP contribution is 2.36. The second-order valence-corrected chi connectivity index (χ2v) is 4.76. The van der Waals surface area contributed by atoms with E-state index < -0.39 is 0 Å². The Bertz CT molecular complexity index is 386. The molecule has 2 heteroatoms. The summed E-state index contributed by atoms with van der Waals surface area (Å²) < 4.78 is 0. The molecule has 0 aliphatic carbocycles. The molecule has 1 aromatic rings. The number of amides is 1. The topological polar surface area (TPSA) is 29.1 Å². The Morgan fingerprint density at radius 1 is 1.38 bits per heavy atom. The van der Waals surface area contributed by atoms with Crippen molar-refractivity contribution in [2.75, 3.05) is 5.32 Å². The Hall–Kier alpha value is -1.31. The van der Waals surface area contributed by atoms with Crippen LogP contribution in [0.5, 0.6) is 0 Å². The fourth-order valence-corrected chi connectivity index (χ4v) is 2.52. The first-order chi connectivity index (χ1) is 7.72. The summed E-state index contributed by atoms with van der Waals surface area (Å²) in [6.45, 7) is 4.43. The normalized spacial score (nSPS) is 20.4. The minimum atomic E-state index is 0.0674. The molecule has 0 saturated carbocycles. The Kier molecular flexibility index (Phi) is 3.28. The van der Waals surface area contributed by atoms with E-state index in [0.29, 0.717) is 5.92 Å². The molecule has 16 heavy (non-hydrogen) atoms. The fraction of sp³-hybridized carbons (Fsp3) is 0.500. The van der Waals surface area contributed by atoms with Crippen LogP contribution in [-0.4, -0.2) is 5.91 Å². The first kappa shape index (κ1) is 11.2. The molecule has 2 nitrogen and oxygen atoms in total. The molecular weight excluding hydrogens is 198 g/mol. The monoisotopic (exact) mass is 217 g/mol. The second kappa shape index (κ2) is 4.69. The van der Waals surface area contributed by atoms with Crippen LogP contribution in [0.15, 0.2) is 24.3 Å². The van der Waals surface area contributed by atoms with Gasteiger partial charge in [0.15, 0.2) is 0 Å². The molecule has 1 amide bonds. The predicted octanol–water partition coefficient (Wildman–Crippen LogP) is 3.55. The van der Waals surface area contributed by atoms with Crippen LogP contribution in [0.3, 0.4) is 0 Å². The van der Waals surface area contributed by atoms with Gasteiger partial charge in [-0.05, 0) is 24.0 Å². The third kappa shape index (κ3) is 2.11. The average Bonchev–Trinajstić information content (AvgIpc) is 2.56. The van der Waals surface area contributed by atoms with E-state index in [9.17, 15) is 4.79 Å². The van der Waals surface area contributed by atoms with Gasteiger partial charge < -0.3 is 5.32 Å². The van der Waals surface area contributed by atoms with E-state index in [4.69, 9.17) is 0 Å². The zero-order valence-electron chi connectivity index (χ0n) is 9.99. The molecule has 1 aliphatic heterocycles. The lowest BCUT2D eigenvalue weighted by molar-refractivity contribution is -0.117. The number of nitrogens with one attached hydrogen (secondary N) is 1. The number of benzene rings is 1. The molecule has 1 N–H and O–H groups in total. The molecule has 1 heterocycles. The maximum absolute atomic E-state index is 11.9. The summed E-state index contributed by atoms with van der Waals surface area (Å²) in [5, 5.41) is 2.96. The van der Waals surface area contributed by atoms with Gasteiger partial charge >= 0.3 is 0 Å². The molecule has 1 aromatic carbocycles. The Morgan fingerprint density at radius 3 is 2.88 bits per heavy atom. The third-order valence-electron chi connectivity index (χ3n) is 3.33. The lowest BCUT2D eigenvalue weighted by atomic mass is 9.88. The van der Waals surface area contributed by atoms with Crippen LogP contribution < -0.4 is 5.32 Å². The molecule has 86 valence electrons. The van der Waals surface area contributed by atoms with Crippen molar-refractivity contribution in [2.45, 2.75) is 39.0 Å². The van der Waals surface area contributed by atoms with Gasteiger partial charge in [0, 0.05) is 5.69 Å². The van der Waals surface area contributed by atoms with Crippen LogP contribution in [0.1, 0.15) is 44.6 Å². The SMILES string of the molecule is CCCC(C)CC1C(=O)Nc2ccccc21. The molecule has 0 bridgehead atoms. The lowest BCUT2D eigenvalue weighted by Crippen LogP contribution is -2.14. The molecule has 2 rings (SSSR count). The first-order valence-corrected chi connectivity index (χ1v) is 6.12. The van der Waals surface area contributed by atoms with Crippen LogP contribution in [0.25, 0.3) is 0 Å². The van der Waals surface area contributed by atoms with E-state index in [1.54, 1.807) is 0 Å². The van der Waals surface area contributed by atoms with Crippen LogP contribution in [0.2, 0.25) is 0 Å². The van der Waals surface area contributed by atoms with Gasteiger partial charge in [0.2, 0.25) is 5.91 Å². The van der Waals surface area contributed by atoms with Crippen molar-refractivity contribution in [3.8, 4) is 0 Å². The van der Waals surface area contributed by atoms with Crippen LogP contribution in [0.4, 0.5) is 5.69 Å². The summed E-state index contributed by atoms with van der Waals surface area (Å²) in [4.78, 5) is 11.9. The molecule has 0 saturated heterocycles. The average molecular weight is 217 g/mol. The van der Waals surface area contributed by atoms with Crippen molar-refractivity contribution >= 4 is 11.6 Å². The zero-order valence-corrected chi connectivity index (χ0v) is 9.99. The maximum atomic E-state index is 11.9. The van der Waals surface area contributed by atoms with E-state index in [1.165, 1.54) is 18.4 Å². The summed E-state index contributed by atoms with van der Waals surface area (Å²) in [6, 6.07) is 8.03. The summed E-state index contributed by atoms with van der Waals surface area (Å²) in [7, 11) is 0. The molecule has 0 spiro atoms. The van der Waals surface area contributed by atoms with E-state index in [-0.39, 0.29) is 11.8 Å². The lowest BCUT2D eigenvalue weighted by Gasteiger charge is -2.14. The van der Waals surface area contributed by atoms with Gasteiger partial charge in [-0.3, -0.25) is 4.79 Å². The van der Waals surface area contributed by atoms with E-state index >= 15 is 0 Å². The molecule has 0 aromatic heterocycles. The van der Waals surface area contributed by atoms with Crippen molar-refractivity contribution in [1.29, 1.82) is 0 Å². The van der Waals surface area contributed by atoms with Gasteiger partial charge in [-0.25, -0.2) is 0 Å². The highest BCUT2D eigenvalue weighted by Gasteiger charge is 2.30. The standard InChI is InChI=1S/C14H19NO/c1-3-6-10(2)9-12-11-7-4-5-8-13(11)15-14(12)16/h4-5,7-8,10,12H,3,6,9H2,1-2H3,(H,15,16). The van der Waals surface area contributed by atoms with Gasteiger partial charge in [0.1, 0.15) is 0 Å². The molecule has 2 atom stereocenters. The van der Waals surface area contributed by atoms with Crippen molar-refractivity contribution in [1.82, 2.24) is 0 Å². The van der Waals surface area contributed by atoms with Crippen LogP contribution in [0, 0.1) is 5.92 Å². The van der Waals surface area contributed by atoms with Crippen LogP contribution in [-0.2, 0) is 4.79 Å². The minimum absolute atomic E-state index is 0.0674. The number of anilines is 1. The third-order valence-corrected chi connectivity index (χ3v) is 3.33. The number of para-hydroxylation sites is 1. The quantitative estimate of drug-likeness (QED) is 0.821. The van der Waals surface area contributed by atoms with Crippen molar-refractivity contribution in [3.63, 3.8) is 0 Å². The summed E-state index contributed by atoms with van der Waals surface area (Å²) in [6.07, 6.45) is 3.36. The van der Waals surface area contributed by atoms with Crippen molar-refractivity contribution < 1.29 is 4.79 Å². The Labute approximate surface area is 97.1 Å². The number of carbonyl (C=O) groups is 1. The zero-order chi connectivity index (χ0) is 11.5. The largest absolute Gasteiger partial charge is 0.325 e. The maximum Gasteiger partial charge on any atom is 0.232 e. The number of carbonyl (C=O) groups excluding carboxylic acids is 1. The fourth-order valence-electron chi connectivity index (χ4n) is 2.52. The number of hydrogen-bond donors (Lipinski definition) is 1. The Morgan fingerprint density at radius 2 is 2.12 bits per heavy atom. The molecule has 1 aliphatic rings. The summed E-state index contributed by atoms with van der Waals surface area (Å²) in [5.74, 6) is 0.855. The van der Waals surface area contributed by atoms with Gasteiger partial charge in [-0.1, -0.05) is 44.9 Å². The summed E-state index contributed by atoms with van der Waals surface area (Å²) >= 11 is 0.